The molecule has 0 bridgehead atoms. The normalized spacial score (nSPS) is 31.4. The Bertz CT molecular complexity index is 295. The van der Waals surface area contributed by atoms with Crippen LogP contribution >= 0.6 is 24.4 Å². The van der Waals surface area contributed by atoms with Crippen LogP contribution < -0.4 is 0 Å². The number of allylic oxidation sites excluding steroid dienone is 3. The highest BCUT2D eigenvalue weighted by atomic mass is 35.5. The smallest absolute Gasteiger partial charge is 0.0738 e. The number of thiol groups is 1. The van der Waals surface area contributed by atoms with Crippen molar-refractivity contribution in [3.63, 3.8) is 0 Å². The highest BCUT2D eigenvalue weighted by Gasteiger charge is 2.37. The fourth-order valence-corrected chi connectivity index (χ4v) is 2.61. The first kappa shape index (κ1) is 11.5. The second-order valence-electron chi connectivity index (χ2n) is 4.35. The quantitative estimate of drug-likeness (QED) is 0.693. The van der Waals surface area contributed by atoms with Crippen molar-refractivity contribution in [2.45, 2.75) is 24.9 Å². The summed E-state index contributed by atoms with van der Waals surface area (Å²) in [5.41, 5.74) is -0.566. The summed E-state index contributed by atoms with van der Waals surface area (Å²) < 4.78 is 1.96. The number of piperidine rings is 1. The number of nitrogens with zero attached hydrogens (tertiary/aromatic N) is 1. The van der Waals surface area contributed by atoms with Crippen molar-refractivity contribution in [2.75, 3.05) is 13.1 Å². The lowest BCUT2D eigenvalue weighted by molar-refractivity contribution is -0.0379. The number of hydrogen-bond donors (Lipinski definition) is 2. The van der Waals surface area contributed by atoms with Gasteiger partial charge >= 0.3 is 0 Å². The number of halogens is 1. The molecule has 15 heavy (non-hydrogen) atoms. The Labute approximate surface area is 101 Å². The van der Waals surface area contributed by atoms with E-state index in [0.717, 1.165) is 37.4 Å². The molecule has 2 aliphatic rings. The molecule has 0 amide bonds. The first-order chi connectivity index (χ1) is 7.10. The van der Waals surface area contributed by atoms with E-state index in [1.54, 1.807) is 0 Å². The molecule has 2 rings (SSSR count). The predicted octanol–water partition coefficient (Wildman–Crippen LogP) is 2.36. The van der Waals surface area contributed by atoms with E-state index >= 15 is 0 Å². The van der Waals surface area contributed by atoms with E-state index in [1.165, 1.54) is 0 Å². The third-order valence-corrected chi connectivity index (χ3v) is 4.03. The highest BCUT2D eigenvalue weighted by Crippen LogP contribution is 2.36. The molecule has 1 unspecified atom stereocenters. The Morgan fingerprint density at radius 1 is 1.47 bits per heavy atom. The van der Waals surface area contributed by atoms with Gasteiger partial charge in [0.05, 0.1) is 5.60 Å². The molecule has 4 heteroatoms. The van der Waals surface area contributed by atoms with Gasteiger partial charge in [-0.25, -0.2) is 0 Å². The van der Waals surface area contributed by atoms with Crippen LogP contribution in [0.25, 0.3) is 0 Å². The van der Waals surface area contributed by atoms with Gasteiger partial charge < -0.3 is 5.11 Å². The van der Waals surface area contributed by atoms with Gasteiger partial charge in [-0.3, -0.25) is 4.31 Å². The molecule has 0 spiro atoms. The van der Waals surface area contributed by atoms with E-state index in [0.29, 0.717) is 0 Å². The van der Waals surface area contributed by atoms with Crippen LogP contribution in [0.15, 0.2) is 23.3 Å². The van der Waals surface area contributed by atoms with Crippen molar-refractivity contribution >= 4 is 24.4 Å². The van der Waals surface area contributed by atoms with E-state index in [-0.39, 0.29) is 5.92 Å². The maximum absolute atomic E-state index is 10.5. The molecule has 1 aliphatic heterocycles. The Kier molecular flexibility index (Phi) is 3.45. The summed E-state index contributed by atoms with van der Waals surface area (Å²) in [5.74, 6) is 0.210. The summed E-state index contributed by atoms with van der Waals surface area (Å²) in [4.78, 5) is 0. The van der Waals surface area contributed by atoms with Gasteiger partial charge in [0.1, 0.15) is 0 Å². The van der Waals surface area contributed by atoms with Crippen LogP contribution in [0.4, 0.5) is 0 Å². The highest BCUT2D eigenvalue weighted by molar-refractivity contribution is 7.77. The van der Waals surface area contributed by atoms with Crippen molar-refractivity contribution in [3.05, 3.63) is 23.3 Å². The van der Waals surface area contributed by atoms with Crippen LogP contribution in [0.1, 0.15) is 19.3 Å². The van der Waals surface area contributed by atoms with E-state index in [4.69, 9.17) is 11.6 Å². The lowest BCUT2D eigenvalue weighted by Crippen LogP contribution is -2.46. The average Bonchev–Trinajstić information content (AvgIpc) is 2.24. The summed E-state index contributed by atoms with van der Waals surface area (Å²) in [6.07, 6.45) is 8.33. The summed E-state index contributed by atoms with van der Waals surface area (Å²) in [7, 11) is 0. The molecule has 1 aliphatic carbocycles. The Morgan fingerprint density at radius 2 is 2.13 bits per heavy atom. The standard InChI is InChI=1S/C11H16ClNOS/c12-10-3-1-9(2-4-10)11(14)5-7-13(15)8-6-11/h1,3-4,9,14-15H,2,5-8H2. The first-order valence-corrected chi connectivity index (χ1v) is 6.08. The Balaban J connectivity index is 2.01. The van der Waals surface area contributed by atoms with Crippen molar-refractivity contribution in [1.29, 1.82) is 0 Å². The van der Waals surface area contributed by atoms with Crippen LogP contribution in [0.3, 0.4) is 0 Å². The average molecular weight is 246 g/mol. The maximum Gasteiger partial charge on any atom is 0.0738 e. The van der Waals surface area contributed by atoms with Gasteiger partial charge in [0, 0.05) is 24.0 Å². The zero-order chi connectivity index (χ0) is 10.9. The fourth-order valence-electron chi connectivity index (χ4n) is 2.25. The first-order valence-electron chi connectivity index (χ1n) is 5.30. The monoisotopic (exact) mass is 245 g/mol. The summed E-state index contributed by atoms with van der Waals surface area (Å²) >= 11 is 10.2. The zero-order valence-electron chi connectivity index (χ0n) is 8.56. The molecule has 1 N–H and O–H groups in total. The fraction of sp³-hybridized carbons (Fsp3) is 0.636. The van der Waals surface area contributed by atoms with Crippen LogP contribution in [-0.4, -0.2) is 28.1 Å². The second-order valence-corrected chi connectivity index (χ2v) is 5.35. The van der Waals surface area contributed by atoms with Gasteiger partial charge in [-0.05, 0) is 25.3 Å². The summed E-state index contributed by atoms with van der Waals surface area (Å²) in [5, 5.41) is 11.3. The minimum Gasteiger partial charge on any atom is -0.389 e. The second kappa shape index (κ2) is 4.50. The lowest BCUT2D eigenvalue weighted by Gasteiger charge is -2.40. The molecule has 0 saturated carbocycles. The van der Waals surface area contributed by atoms with E-state index < -0.39 is 5.60 Å². The van der Waals surface area contributed by atoms with E-state index in [2.05, 4.69) is 12.8 Å². The number of rotatable bonds is 1. The maximum atomic E-state index is 10.5. The summed E-state index contributed by atoms with van der Waals surface area (Å²) in [6.45, 7) is 1.70. The molecule has 0 radical (unpaired) electrons. The third-order valence-electron chi connectivity index (χ3n) is 3.35. The molecule has 1 atom stereocenters. The van der Waals surface area contributed by atoms with Gasteiger partial charge in [-0.2, -0.15) is 0 Å². The molecule has 1 fully saturated rings. The van der Waals surface area contributed by atoms with Crippen molar-refractivity contribution in [1.82, 2.24) is 4.31 Å². The minimum atomic E-state index is -0.566. The Morgan fingerprint density at radius 3 is 2.67 bits per heavy atom. The molecular formula is C11H16ClNOS. The molecule has 0 aromatic rings. The Hall–Kier alpha value is 0.0400. The van der Waals surface area contributed by atoms with Crippen molar-refractivity contribution in [2.24, 2.45) is 5.92 Å². The molecule has 84 valence electrons. The molecule has 2 nitrogen and oxygen atoms in total. The molecular weight excluding hydrogens is 230 g/mol. The van der Waals surface area contributed by atoms with Crippen LogP contribution in [0, 0.1) is 5.92 Å². The molecule has 1 heterocycles. The summed E-state index contributed by atoms with van der Waals surface area (Å²) in [6, 6.07) is 0. The van der Waals surface area contributed by atoms with E-state index in [1.807, 2.05) is 22.5 Å². The molecule has 0 aromatic heterocycles. The largest absolute Gasteiger partial charge is 0.389 e. The predicted molar refractivity (Wildman–Crippen MR) is 65.9 cm³/mol. The topological polar surface area (TPSA) is 23.5 Å². The SMILES string of the molecule is OC1(C2C=CC(Cl)=CC2)CCN(S)CC1. The van der Waals surface area contributed by atoms with Crippen LogP contribution in [0.2, 0.25) is 0 Å². The third kappa shape index (κ3) is 2.59. The van der Waals surface area contributed by atoms with Crippen molar-refractivity contribution in [3.8, 4) is 0 Å². The van der Waals surface area contributed by atoms with Crippen LogP contribution in [-0.2, 0) is 0 Å². The number of aliphatic hydroxyl groups is 1. The van der Waals surface area contributed by atoms with Crippen molar-refractivity contribution < 1.29 is 5.11 Å². The van der Waals surface area contributed by atoms with Gasteiger partial charge in [0.2, 0.25) is 0 Å². The van der Waals surface area contributed by atoms with Gasteiger partial charge in [-0.15, -0.1) is 0 Å². The van der Waals surface area contributed by atoms with Gasteiger partial charge in [0.15, 0.2) is 0 Å². The molecule has 0 aromatic carbocycles. The van der Waals surface area contributed by atoms with Gasteiger partial charge in [0.25, 0.3) is 0 Å². The number of hydrogen-bond acceptors (Lipinski definition) is 3. The van der Waals surface area contributed by atoms with Crippen LogP contribution in [0.5, 0.6) is 0 Å². The van der Waals surface area contributed by atoms with E-state index in [9.17, 15) is 5.11 Å². The minimum absolute atomic E-state index is 0.210. The lowest BCUT2D eigenvalue weighted by atomic mass is 9.77. The van der Waals surface area contributed by atoms with Gasteiger partial charge in [-0.1, -0.05) is 36.6 Å². The molecule has 1 saturated heterocycles. The zero-order valence-corrected chi connectivity index (χ0v) is 10.2.